The average Bonchev–Trinajstić information content (AvgIpc) is 2.29. The Morgan fingerprint density at radius 3 is 2.38 bits per heavy atom. The van der Waals surface area contributed by atoms with Gasteiger partial charge in [0.05, 0.1) is 6.61 Å². The molecule has 0 bridgehead atoms. The lowest BCUT2D eigenvalue weighted by molar-refractivity contribution is -0.184. The monoisotopic (exact) mass is 224 g/mol. The van der Waals surface area contributed by atoms with Gasteiger partial charge in [0.1, 0.15) is 5.72 Å². The highest BCUT2D eigenvalue weighted by atomic mass is 16.5. The number of ether oxygens (including phenoxy) is 1. The summed E-state index contributed by atoms with van der Waals surface area (Å²) in [5.74, 6) is 0. The van der Waals surface area contributed by atoms with E-state index in [-0.39, 0.29) is 5.72 Å². The summed E-state index contributed by atoms with van der Waals surface area (Å²) >= 11 is 0. The number of nitrogens with zero attached hydrogens (tertiary/aromatic N) is 1. The van der Waals surface area contributed by atoms with Crippen LogP contribution in [-0.2, 0) is 4.74 Å². The number of nitrogens with one attached hydrogen (secondary N) is 1. The molecule has 0 aromatic carbocycles. The van der Waals surface area contributed by atoms with Crippen molar-refractivity contribution < 1.29 is 4.74 Å². The van der Waals surface area contributed by atoms with Crippen LogP contribution in [0.2, 0.25) is 0 Å². The smallest absolute Gasteiger partial charge is 0.121 e. The maximum atomic E-state index is 6.22. The first-order valence-corrected chi connectivity index (χ1v) is 6.87. The van der Waals surface area contributed by atoms with Crippen molar-refractivity contribution in [3.63, 3.8) is 0 Å². The van der Waals surface area contributed by atoms with Crippen molar-refractivity contribution in [1.29, 1.82) is 0 Å². The Morgan fingerprint density at radius 2 is 1.94 bits per heavy atom. The molecule has 0 unspecified atom stereocenters. The highest BCUT2D eigenvalue weighted by Gasteiger charge is 2.47. The molecule has 0 aromatic rings. The number of likely N-dealkylation sites (tertiary alicyclic amines) is 1. The summed E-state index contributed by atoms with van der Waals surface area (Å²) in [5, 5.41) is 3.72. The van der Waals surface area contributed by atoms with Gasteiger partial charge in [0.15, 0.2) is 0 Å². The Bertz CT molecular complexity index is 243. The minimum Gasteiger partial charge on any atom is -0.360 e. The van der Waals surface area contributed by atoms with E-state index in [0.29, 0.717) is 5.41 Å². The minimum absolute atomic E-state index is 0.0342. The molecule has 92 valence electrons. The molecule has 1 N–H and O–H groups in total. The molecule has 2 spiro atoms. The van der Waals surface area contributed by atoms with E-state index in [9.17, 15) is 0 Å². The fourth-order valence-electron chi connectivity index (χ4n) is 3.29. The lowest BCUT2D eigenvalue weighted by Crippen LogP contribution is -2.64. The zero-order chi connectivity index (χ0) is 11.1. The number of rotatable bonds is 1. The maximum absolute atomic E-state index is 6.22. The maximum Gasteiger partial charge on any atom is 0.121 e. The minimum atomic E-state index is 0.0342. The molecule has 0 aromatic heterocycles. The molecule has 3 fully saturated rings. The van der Waals surface area contributed by atoms with E-state index in [2.05, 4.69) is 17.1 Å². The van der Waals surface area contributed by atoms with Crippen LogP contribution >= 0.6 is 0 Å². The van der Waals surface area contributed by atoms with Gasteiger partial charge in [-0.1, -0.05) is 13.3 Å². The van der Waals surface area contributed by atoms with E-state index >= 15 is 0 Å². The summed E-state index contributed by atoms with van der Waals surface area (Å²) in [6.07, 6.45) is 6.48. The van der Waals surface area contributed by atoms with Gasteiger partial charge in [-0.05, 0) is 19.4 Å². The number of hydrogen-bond donors (Lipinski definition) is 1. The Kier molecular flexibility index (Phi) is 2.73. The summed E-state index contributed by atoms with van der Waals surface area (Å²) in [6, 6.07) is 0. The molecule has 3 nitrogen and oxygen atoms in total. The SMILES string of the molecule is CCN1CCC2(CC1)NCC1(CCC1)CO2. The first kappa shape index (κ1) is 11.0. The van der Waals surface area contributed by atoms with Crippen molar-refractivity contribution in [3.05, 3.63) is 0 Å². The zero-order valence-electron chi connectivity index (χ0n) is 10.4. The molecule has 2 saturated heterocycles. The molecule has 0 radical (unpaired) electrons. The molecule has 1 saturated carbocycles. The van der Waals surface area contributed by atoms with Crippen molar-refractivity contribution in [2.24, 2.45) is 5.41 Å². The number of piperidine rings is 1. The van der Waals surface area contributed by atoms with Gasteiger partial charge in [-0.15, -0.1) is 0 Å². The van der Waals surface area contributed by atoms with Crippen molar-refractivity contribution >= 4 is 0 Å². The van der Waals surface area contributed by atoms with Crippen LogP contribution in [0.15, 0.2) is 0 Å². The number of hydrogen-bond acceptors (Lipinski definition) is 3. The average molecular weight is 224 g/mol. The van der Waals surface area contributed by atoms with Crippen LogP contribution in [0.5, 0.6) is 0 Å². The quantitative estimate of drug-likeness (QED) is 0.732. The van der Waals surface area contributed by atoms with Crippen LogP contribution in [0.1, 0.15) is 39.0 Å². The first-order chi connectivity index (χ1) is 7.76. The molecule has 0 amide bonds. The molecular formula is C13H24N2O. The highest BCUT2D eigenvalue weighted by molar-refractivity contribution is 4.98. The van der Waals surface area contributed by atoms with E-state index in [1.165, 1.54) is 45.4 Å². The summed E-state index contributed by atoms with van der Waals surface area (Å²) < 4.78 is 6.22. The van der Waals surface area contributed by atoms with Crippen molar-refractivity contribution in [2.45, 2.75) is 44.8 Å². The van der Waals surface area contributed by atoms with Crippen LogP contribution in [0, 0.1) is 5.41 Å². The van der Waals surface area contributed by atoms with Gasteiger partial charge in [0.25, 0.3) is 0 Å². The zero-order valence-corrected chi connectivity index (χ0v) is 10.4. The van der Waals surface area contributed by atoms with Gasteiger partial charge in [0, 0.05) is 37.9 Å². The van der Waals surface area contributed by atoms with E-state index in [1.54, 1.807) is 0 Å². The lowest BCUT2D eigenvalue weighted by Gasteiger charge is -2.53. The second-order valence-electron chi connectivity index (χ2n) is 5.92. The fourth-order valence-corrected chi connectivity index (χ4v) is 3.29. The highest BCUT2D eigenvalue weighted by Crippen LogP contribution is 2.44. The largest absolute Gasteiger partial charge is 0.360 e. The van der Waals surface area contributed by atoms with Gasteiger partial charge in [-0.2, -0.15) is 0 Å². The van der Waals surface area contributed by atoms with Crippen LogP contribution in [0.25, 0.3) is 0 Å². The van der Waals surface area contributed by atoms with Crippen molar-refractivity contribution in [3.8, 4) is 0 Å². The van der Waals surface area contributed by atoms with Gasteiger partial charge < -0.3 is 9.64 Å². The summed E-state index contributed by atoms with van der Waals surface area (Å²) in [5.41, 5.74) is 0.555. The van der Waals surface area contributed by atoms with Gasteiger partial charge >= 0.3 is 0 Å². The standard InChI is InChI=1S/C13H24N2O/c1-2-15-8-6-13(7-9-15)14-10-12(11-16-13)4-3-5-12/h14H,2-11H2,1H3. The summed E-state index contributed by atoms with van der Waals surface area (Å²) in [7, 11) is 0. The first-order valence-electron chi connectivity index (χ1n) is 6.87. The van der Waals surface area contributed by atoms with Crippen LogP contribution in [0.3, 0.4) is 0 Å². The van der Waals surface area contributed by atoms with Crippen LogP contribution in [0.4, 0.5) is 0 Å². The molecule has 1 aliphatic carbocycles. The normalized spacial score (nSPS) is 32.8. The van der Waals surface area contributed by atoms with E-state index in [1.807, 2.05) is 0 Å². The van der Waals surface area contributed by atoms with Crippen molar-refractivity contribution in [1.82, 2.24) is 10.2 Å². The molecule has 0 atom stereocenters. The second-order valence-corrected chi connectivity index (χ2v) is 5.92. The summed E-state index contributed by atoms with van der Waals surface area (Å²) in [6.45, 7) is 8.01. The Morgan fingerprint density at radius 1 is 1.19 bits per heavy atom. The Balaban J connectivity index is 1.56. The van der Waals surface area contributed by atoms with Gasteiger partial charge in [-0.25, -0.2) is 0 Å². The lowest BCUT2D eigenvalue weighted by atomic mass is 9.68. The molecular weight excluding hydrogens is 200 g/mol. The topological polar surface area (TPSA) is 24.5 Å². The molecule has 3 rings (SSSR count). The van der Waals surface area contributed by atoms with E-state index < -0.39 is 0 Å². The fraction of sp³-hybridized carbons (Fsp3) is 1.00. The Hall–Kier alpha value is -0.120. The molecule has 2 aliphatic heterocycles. The Labute approximate surface area is 98.5 Å². The van der Waals surface area contributed by atoms with Crippen LogP contribution < -0.4 is 5.32 Å². The molecule has 3 heteroatoms. The van der Waals surface area contributed by atoms with Crippen molar-refractivity contribution in [2.75, 3.05) is 32.8 Å². The van der Waals surface area contributed by atoms with Gasteiger partial charge in [0.2, 0.25) is 0 Å². The van der Waals surface area contributed by atoms with E-state index in [4.69, 9.17) is 4.74 Å². The molecule has 2 heterocycles. The van der Waals surface area contributed by atoms with Crippen LogP contribution in [-0.4, -0.2) is 43.4 Å². The predicted octanol–water partition coefficient (Wildman–Crippen LogP) is 1.59. The van der Waals surface area contributed by atoms with Gasteiger partial charge in [-0.3, -0.25) is 5.32 Å². The second kappa shape index (κ2) is 3.97. The molecule has 16 heavy (non-hydrogen) atoms. The summed E-state index contributed by atoms with van der Waals surface area (Å²) in [4.78, 5) is 2.52. The third-order valence-corrected chi connectivity index (χ3v) is 4.97. The third-order valence-electron chi connectivity index (χ3n) is 4.97. The predicted molar refractivity (Wildman–Crippen MR) is 64.3 cm³/mol. The van der Waals surface area contributed by atoms with E-state index in [0.717, 1.165) is 19.4 Å². The molecule has 3 aliphatic rings. The third kappa shape index (κ3) is 1.79.